The molecule has 25 heavy (non-hydrogen) atoms. The van der Waals surface area contributed by atoms with Crippen LogP contribution in [0.2, 0.25) is 0 Å². The molecule has 2 heterocycles. The summed E-state index contributed by atoms with van der Waals surface area (Å²) in [5.74, 6) is 0.207. The second-order valence-corrected chi connectivity index (χ2v) is 7.75. The van der Waals surface area contributed by atoms with Crippen LogP contribution in [0.25, 0.3) is 10.2 Å². The Kier molecular flexibility index (Phi) is 6.72. The van der Waals surface area contributed by atoms with Gasteiger partial charge in [0.15, 0.2) is 0 Å². The lowest BCUT2D eigenvalue weighted by Gasteiger charge is -2.15. The topological polar surface area (TPSA) is 64.4 Å². The standard InChI is InChI=1S/C18H27N3O3S/c1-6-7-8-9-24-15(22)11-21-14(10-20(4)5)19-17-16(18(21)23)12(2)13(3)25-17/h6-11H2,1-5H3. The van der Waals surface area contributed by atoms with Crippen LogP contribution in [0.5, 0.6) is 0 Å². The summed E-state index contributed by atoms with van der Waals surface area (Å²) in [6.45, 7) is 6.81. The van der Waals surface area contributed by atoms with E-state index in [1.807, 2.05) is 32.8 Å². The third-order valence-electron chi connectivity index (χ3n) is 4.12. The van der Waals surface area contributed by atoms with Gasteiger partial charge in [0.2, 0.25) is 0 Å². The molecule has 0 aliphatic rings. The average Bonchev–Trinajstić information content (AvgIpc) is 2.82. The van der Waals surface area contributed by atoms with E-state index in [0.717, 1.165) is 34.5 Å². The Morgan fingerprint density at radius 2 is 2.00 bits per heavy atom. The minimum absolute atomic E-state index is 0.0919. The van der Waals surface area contributed by atoms with Crippen molar-refractivity contribution in [3.8, 4) is 0 Å². The highest BCUT2D eigenvalue weighted by Gasteiger charge is 2.19. The molecule has 0 saturated carbocycles. The van der Waals surface area contributed by atoms with Crippen molar-refractivity contribution in [1.29, 1.82) is 0 Å². The second kappa shape index (κ2) is 8.58. The van der Waals surface area contributed by atoms with E-state index in [1.165, 1.54) is 15.9 Å². The first-order valence-corrected chi connectivity index (χ1v) is 9.46. The summed E-state index contributed by atoms with van der Waals surface area (Å²) in [5, 5.41) is 0.615. The molecule has 0 radical (unpaired) electrons. The number of ether oxygens (including phenoxy) is 1. The van der Waals surface area contributed by atoms with Crippen molar-refractivity contribution in [2.45, 2.75) is 53.1 Å². The molecule has 0 aromatic carbocycles. The minimum atomic E-state index is -0.385. The molecule has 6 nitrogen and oxygen atoms in total. The number of aryl methyl sites for hydroxylation is 2. The monoisotopic (exact) mass is 365 g/mol. The number of nitrogens with zero attached hydrogens (tertiary/aromatic N) is 3. The Labute approximate surface area is 152 Å². The van der Waals surface area contributed by atoms with Crippen molar-refractivity contribution < 1.29 is 9.53 Å². The van der Waals surface area contributed by atoms with Gasteiger partial charge in [0.25, 0.3) is 5.56 Å². The third-order valence-corrected chi connectivity index (χ3v) is 5.22. The largest absolute Gasteiger partial charge is 0.464 e. The molecule has 0 aliphatic carbocycles. The summed E-state index contributed by atoms with van der Waals surface area (Å²) in [5.41, 5.74) is 0.785. The Bertz CT molecular complexity index is 808. The van der Waals surface area contributed by atoms with E-state index in [0.29, 0.717) is 24.4 Å². The number of unbranched alkanes of at least 4 members (excludes halogenated alkanes) is 2. The molecule has 0 atom stereocenters. The van der Waals surface area contributed by atoms with Gasteiger partial charge in [0, 0.05) is 4.88 Å². The van der Waals surface area contributed by atoms with E-state index in [-0.39, 0.29) is 18.1 Å². The van der Waals surface area contributed by atoms with E-state index < -0.39 is 0 Å². The van der Waals surface area contributed by atoms with Crippen molar-refractivity contribution in [2.75, 3.05) is 20.7 Å². The lowest BCUT2D eigenvalue weighted by atomic mass is 10.2. The van der Waals surface area contributed by atoms with Gasteiger partial charge in [-0.05, 0) is 39.9 Å². The van der Waals surface area contributed by atoms with Gasteiger partial charge in [-0.3, -0.25) is 14.2 Å². The minimum Gasteiger partial charge on any atom is -0.464 e. The fraction of sp³-hybridized carbons (Fsp3) is 0.611. The van der Waals surface area contributed by atoms with E-state index in [1.54, 1.807) is 0 Å². The maximum absolute atomic E-state index is 13.0. The highest BCUT2D eigenvalue weighted by Crippen LogP contribution is 2.26. The first kappa shape index (κ1) is 19.6. The summed E-state index contributed by atoms with van der Waals surface area (Å²) in [7, 11) is 3.82. The van der Waals surface area contributed by atoms with Gasteiger partial charge < -0.3 is 9.64 Å². The van der Waals surface area contributed by atoms with Gasteiger partial charge >= 0.3 is 5.97 Å². The van der Waals surface area contributed by atoms with Crippen LogP contribution in [-0.4, -0.2) is 41.1 Å². The first-order chi connectivity index (χ1) is 11.8. The SMILES string of the molecule is CCCCCOC(=O)Cn1c(CN(C)C)nc2sc(C)c(C)c2c1=O. The fourth-order valence-corrected chi connectivity index (χ4v) is 3.69. The molecule has 138 valence electrons. The molecule has 0 N–H and O–H groups in total. The van der Waals surface area contributed by atoms with Crippen molar-refractivity contribution in [3.05, 3.63) is 26.6 Å². The summed E-state index contributed by atoms with van der Waals surface area (Å²) in [6.07, 6.45) is 2.95. The van der Waals surface area contributed by atoms with E-state index in [2.05, 4.69) is 11.9 Å². The summed E-state index contributed by atoms with van der Waals surface area (Å²) < 4.78 is 6.74. The Hall–Kier alpha value is -1.73. The molecule has 0 bridgehead atoms. The predicted octanol–water partition coefficient (Wildman–Crippen LogP) is 2.87. The van der Waals surface area contributed by atoms with Crippen LogP contribution in [0.4, 0.5) is 0 Å². The molecule has 0 unspecified atom stereocenters. The maximum Gasteiger partial charge on any atom is 0.326 e. The Morgan fingerprint density at radius 1 is 1.28 bits per heavy atom. The zero-order valence-corrected chi connectivity index (χ0v) is 16.5. The van der Waals surface area contributed by atoms with Gasteiger partial charge in [0.05, 0.1) is 18.5 Å². The van der Waals surface area contributed by atoms with Crippen molar-refractivity contribution in [1.82, 2.24) is 14.5 Å². The van der Waals surface area contributed by atoms with E-state index >= 15 is 0 Å². The van der Waals surface area contributed by atoms with Crippen molar-refractivity contribution >= 4 is 27.5 Å². The first-order valence-electron chi connectivity index (χ1n) is 8.64. The molecule has 0 amide bonds. The third kappa shape index (κ3) is 4.67. The quantitative estimate of drug-likeness (QED) is 0.532. The van der Waals surface area contributed by atoms with E-state index in [9.17, 15) is 9.59 Å². The molecule has 2 aromatic heterocycles. The number of rotatable bonds is 8. The number of thiophene rings is 1. The zero-order chi connectivity index (χ0) is 18.6. The van der Waals surface area contributed by atoms with Gasteiger partial charge in [-0.1, -0.05) is 19.8 Å². The van der Waals surface area contributed by atoms with Crippen LogP contribution in [0.1, 0.15) is 42.5 Å². The van der Waals surface area contributed by atoms with Gasteiger partial charge in [-0.2, -0.15) is 0 Å². The van der Waals surface area contributed by atoms with Crippen LogP contribution in [0.3, 0.4) is 0 Å². The normalized spacial score (nSPS) is 11.4. The molecule has 0 fully saturated rings. The number of hydrogen-bond acceptors (Lipinski definition) is 6. The van der Waals surface area contributed by atoms with Gasteiger partial charge in [-0.25, -0.2) is 4.98 Å². The predicted molar refractivity (Wildman–Crippen MR) is 101 cm³/mol. The summed E-state index contributed by atoms with van der Waals surface area (Å²) >= 11 is 1.52. The molecule has 0 saturated heterocycles. The van der Waals surface area contributed by atoms with Crippen molar-refractivity contribution in [2.24, 2.45) is 0 Å². The second-order valence-electron chi connectivity index (χ2n) is 6.55. The number of carbonyl (C=O) groups is 1. The molecular weight excluding hydrogens is 338 g/mol. The van der Waals surface area contributed by atoms with Crippen LogP contribution in [0.15, 0.2) is 4.79 Å². The molecular formula is C18H27N3O3S. The number of hydrogen-bond donors (Lipinski definition) is 0. The van der Waals surface area contributed by atoms with Gasteiger partial charge in [-0.15, -0.1) is 11.3 Å². The number of esters is 1. The molecule has 0 aliphatic heterocycles. The van der Waals surface area contributed by atoms with E-state index in [4.69, 9.17) is 4.74 Å². The maximum atomic E-state index is 13.0. The van der Waals surface area contributed by atoms with Crippen molar-refractivity contribution in [3.63, 3.8) is 0 Å². The van der Waals surface area contributed by atoms with Crippen LogP contribution < -0.4 is 5.56 Å². The zero-order valence-electron chi connectivity index (χ0n) is 15.7. The van der Waals surface area contributed by atoms with Crippen LogP contribution in [-0.2, 0) is 22.6 Å². The van der Waals surface area contributed by atoms with Crippen LogP contribution >= 0.6 is 11.3 Å². The summed E-state index contributed by atoms with van der Waals surface area (Å²) in [6, 6.07) is 0. The lowest BCUT2D eigenvalue weighted by Crippen LogP contribution is -2.31. The molecule has 2 rings (SSSR count). The number of aromatic nitrogens is 2. The number of carbonyl (C=O) groups excluding carboxylic acids is 1. The Morgan fingerprint density at radius 3 is 2.64 bits per heavy atom. The highest BCUT2D eigenvalue weighted by atomic mass is 32.1. The average molecular weight is 365 g/mol. The number of fused-ring (bicyclic) bond motifs is 1. The Balaban J connectivity index is 2.35. The molecule has 0 spiro atoms. The van der Waals surface area contributed by atoms with Gasteiger partial charge in [0.1, 0.15) is 17.2 Å². The summed E-state index contributed by atoms with van der Waals surface area (Å²) in [4.78, 5) is 33.6. The molecule has 7 heteroatoms. The van der Waals surface area contributed by atoms with Crippen LogP contribution in [0, 0.1) is 13.8 Å². The highest BCUT2D eigenvalue weighted by molar-refractivity contribution is 7.18. The molecule has 2 aromatic rings. The smallest absolute Gasteiger partial charge is 0.326 e. The fourth-order valence-electron chi connectivity index (χ4n) is 2.65. The lowest BCUT2D eigenvalue weighted by molar-refractivity contribution is -0.144.